The second kappa shape index (κ2) is 11.7. The zero-order valence-corrected chi connectivity index (χ0v) is 19.6. The number of carbonyl (C=O) groups is 1. The highest BCUT2D eigenvalue weighted by Gasteiger charge is 2.24. The number of fused-ring (bicyclic) bond motifs is 1. The lowest BCUT2D eigenvalue weighted by Gasteiger charge is -2.24. The van der Waals surface area contributed by atoms with Crippen LogP contribution in [-0.4, -0.2) is 26.0 Å². The Hall–Kier alpha value is -2.66. The number of aryl methyl sites for hydroxylation is 1. The summed E-state index contributed by atoms with van der Waals surface area (Å²) in [6, 6.07) is 10.1. The van der Waals surface area contributed by atoms with Crippen LogP contribution in [-0.2, 0) is 0 Å². The fraction of sp³-hybridized carbons (Fsp3) is 0.423. The monoisotopic (exact) mass is 426 g/mol. The van der Waals surface area contributed by atoms with E-state index >= 15 is 0 Å². The quantitative estimate of drug-likeness (QED) is 0.508. The molecule has 2 heterocycles. The topological polar surface area (TPSA) is 54.3 Å². The van der Waals surface area contributed by atoms with Gasteiger partial charge in [0.2, 0.25) is 0 Å². The third-order valence-corrected chi connectivity index (χ3v) is 5.37. The number of halogens is 1. The molecule has 2 N–H and O–H groups in total. The van der Waals surface area contributed by atoms with Gasteiger partial charge in [-0.05, 0) is 79.8 Å². The Labute approximate surface area is 185 Å². The zero-order valence-electron chi connectivity index (χ0n) is 19.6. The molecule has 0 unspecified atom stereocenters. The van der Waals surface area contributed by atoms with Crippen LogP contribution in [0.3, 0.4) is 0 Å². The fourth-order valence-corrected chi connectivity index (χ4v) is 3.97. The van der Waals surface area contributed by atoms with Crippen LogP contribution in [0.4, 0.5) is 4.39 Å². The lowest BCUT2D eigenvalue weighted by atomic mass is 9.87. The van der Waals surface area contributed by atoms with Gasteiger partial charge in [0.05, 0.1) is 5.56 Å². The first kappa shape index (κ1) is 24.6. The first-order valence-electron chi connectivity index (χ1n) is 11.3. The molecule has 1 saturated heterocycles. The van der Waals surface area contributed by atoms with Gasteiger partial charge in [0, 0.05) is 24.5 Å². The molecule has 1 aliphatic heterocycles. The van der Waals surface area contributed by atoms with Crippen LogP contribution in [0.2, 0.25) is 0 Å². The molecule has 3 aromatic rings. The van der Waals surface area contributed by atoms with E-state index in [1.165, 1.54) is 23.3 Å². The van der Waals surface area contributed by atoms with E-state index in [-0.39, 0.29) is 11.7 Å². The van der Waals surface area contributed by atoms with Crippen molar-refractivity contribution >= 4 is 16.9 Å². The molecule has 1 fully saturated rings. The molecule has 0 saturated carbocycles. The second-order valence-corrected chi connectivity index (χ2v) is 7.14. The van der Waals surface area contributed by atoms with Crippen LogP contribution in [0.25, 0.3) is 22.3 Å². The van der Waals surface area contributed by atoms with E-state index in [9.17, 15) is 9.18 Å². The number of carbonyl (C=O) groups excluding carboxylic acids is 1. The van der Waals surface area contributed by atoms with Gasteiger partial charge in [-0.25, -0.2) is 4.39 Å². The predicted octanol–water partition coefficient (Wildman–Crippen LogP) is 6.43. The maximum atomic E-state index is 13.3. The molecular weight excluding hydrogens is 391 g/mol. The van der Waals surface area contributed by atoms with Gasteiger partial charge in [-0.3, -0.25) is 4.79 Å². The molecule has 0 radical (unpaired) electrons. The SMILES string of the molecule is CC.CC.CNC(=O)c1c(-c2ccc(F)cc2)oc2cc(C)c([C@@H]3CCCNC3)cc12. The number of furan rings is 1. The van der Waals surface area contributed by atoms with Crippen molar-refractivity contribution in [2.45, 2.75) is 53.4 Å². The van der Waals surface area contributed by atoms with Gasteiger partial charge >= 0.3 is 0 Å². The van der Waals surface area contributed by atoms with Crippen molar-refractivity contribution in [2.75, 3.05) is 20.1 Å². The summed E-state index contributed by atoms with van der Waals surface area (Å²) in [6.45, 7) is 12.1. The standard InChI is InChI=1S/C22H23FN2O2.2C2H6/c1-13-10-19-18(11-17(13)15-4-3-9-25-12-15)20(22(26)24-2)21(27-19)14-5-7-16(23)8-6-14;2*1-2/h5-8,10-11,15,25H,3-4,9,12H2,1-2H3,(H,24,26);2*1-2H3/t15-;;/m1../s1. The molecule has 4 nitrogen and oxygen atoms in total. The van der Waals surface area contributed by atoms with Crippen molar-refractivity contribution in [1.29, 1.82) is 0 Å². The van der Waals surface area contributed by atoms with E-state index in [4.69, 9.17) is 4.42 Å². The van der Waals surface area contributed by atoms with E-state index in [0.717, 1.165) is 31.3 Å². The van der Waals surface area contributed by atoms with Crippen LogP contribution in [0.1, 0.15) is 67.9 Å². The van der Waals surface area contributed by atoms with Crippen molar-refractivity contribution in [2.24, 2.45) is 0 Å². The maximum absolute atomic E-state index is 13.3. The van der Waals surface area contributed by atoms with Gasteiger partial charge in [0.1, 0.15) is 17.2 Å². The molecule has 31 heavy (non-hydrogen) atoms. The molecule has 168 valence electrons. The molecule has 5 heteroatoms. The van der Waals surface area contributed by atoms with Gasteiger partial charge in [-0.15, -0.1) is 0 Å². The molecule has 1 aromatic heterocycles. The smallest absolute Gasteiger partial charge is 0.255 e. The number of benzene rings is 2. The molecule has 0 aliphatic carbocycles. The lowest BCUT2D eigenvalue weighted by molar-refractivity contribution is 0.0964. The first-order chi connectivity index (χ1) is 15.1. The fourth-order valence-electron chi connectivity index (χ4n) is 3.97. The Morgan fingerprint density at radius 3 is 2.39 bits per heavy atom. The van der Waals surface area contributed by atoms with Crippen LogP contribution in [0, 0.1) is 12.7 Å². The average Bonchev–Trinajstić information content (AvgIpc) is 3.19. The van der Waals surface area contributed by atoms with Crippen LogP contribution >= 0.6 is 0 Å². The molecule has 4 rings (SSSR count). The number of piperidine rings is 1. The predicted molar refractivity (Wildman–Crippen MR) is 127 cm³/mol. The molecule has 0 spiro atoms. The van der Waals surface area contributed by atoms with Crippen molar-refractivity contribution in [3.8, 4) is 11.3 Å². The van der Waals surface area contributed by atoms with Gasteiger partial charge in [-0.1, -0.05) is 27.7 Å². The third kappa shape index (κ3) is 5.34. The molecule has 0 bridgehead atoms. The Bertz CT molecular complexity index is 987. The summed E-state index contributed by atoms with van der Waals surface area (Å²) >= 11 is 0. The summed E-state index contributed by atoms with van der Waals surface area (Å²) in [5.74, 6) is 0.386. The molecule has 1 amide bonds. The normalized spacial score (nSPS) is 15.4. The van der Waals surface area contributed by atoms with E-state index in [2.05, 4.69) is 23.6 Å². The summed E-state index contributed by atoms with van der Waals surface area (Å²) in [5, 5.41) is 6.97. The molecular formula is C26H35FN2O2. The summed E-state index contributed by atoms with van der Waals surface area (Å²) < 4.78 is 19.4. The average molecular weight is 427 g/mol. The summed E-state index contributed by atoms with van der Waals surface area (Å²) in [6.07, 6.45) is 2.29. The molecule has 2 aromatic carbocycles. The highest BCUT2D eigenvalue weighted by Crippen LogP contribution is 2.37. The van der Waals surface area contributed by atoms with Crippen molar-refractivity contribution in [3.05, 3.63) is 58.9 Å². The van der Waals surface area contributed by atoms with Crippen molar-refractivity contribution in [1.82, 2.24) is 10.6 Å². The molecule has 1 atom stereocenters. The highest BCUT2D eigenvalue weighted by molar-refractivity contribution is 6.11. The maximum Gasteiger partial charge on any atom is 0.255 e. The first-order valence-corrected chi connectivity index (χ1v) is 11.3. The number of rotatable bonds is 3. The Kier molecular flexibility index (Phi) is 9.25. The largest absolute Gasteiger partial charge is 0.455 e. The van der Waals surface area contributed by atoms with Crippen molar-refractivity contribution in [3.63, 3.8) is 0 Å². The Morgan fingerprint density at radius 1 is 1.13 bits per heavy atom. The second-order valence-electron chi connectivity index (χ2n) is 7.14. The van der Waals surface area contributed by atoms with Crippen LogP contribution in [0.15, 0.2) is 40.8 Å². The minimum absolute atomic E-state index is 0.204. The van der Waals surface area contributed by atoms with Crippen molar-refractivity contribution < 1.29 is 13.6 Å². The minimum Gasteiger partial charge on any atom is -0.455 e. The number of amides is 1. The number of hydrogen-bond acceptors (Lipinski definition) is 3. The molecule has 1 aliphatic rings. The third-order valence-electron chi connectivity index (χ3n) is 5.37. The van der Waals surface area contributed by atoms with Crippen LogP contribution < -0.4 is 10.6 Å². The zero-order chi connectivity index (χ0) is 23.0. The van der Waals surface area contributed by atoms with Gasteiger partial charge < -0.3 is 15.1 Å². The van der Waals surface area contributed by atoms with E-state index < -0.39 is 0 Å². The number of hydrogen-bond donors (Lipinski definition) is 2. The van der Waals surface area contributed by atoms with Gasteiger partial charge in [-0.2, -0.15) is 0 Å². The van der Waals surface area contributed by atoms with E-state index in [1.807, 2.05) is 33.8 Å². The highest BCUT2D eigenvalue weighted by atomic mass is 19.1. The summed E-state index contributed by atoms with van der Waals surface area (Å²) in [4.78, 5) is 12.7. The van der Waals surface area contributed by atoms with E-state index in [1.54, 1.807) is 19.2 Å². The Morgan fingerprint density at radius 2 is 1.81 bits per heavy atom. The summed E-state index contributed by atoms with van der Waals surface area (Å²) in [5.41, 5.74) is 4.29. The lowest BCUT2D eigenvalue weighted by Crippen LogP contribution is -2.28. The Balaban J connectivity index is 0.000000807. The van der Waals surface area contributed by atoms with Gasteiger partial charge in [0.25, 0.3) is 5.91 Å². The minimum atomic E-state index is -0.320. The summed E-state index contributed by atoms with van der Waals surface area (Å²) in [7, 11) is 1.61. The van der Waals surface area contributed by atoms with E-state index in [0.29, 0.717) is 28.4 Å². The van der Waals surface area contributed by atoms with Gasteiger partial charge in [0.15, 0.2) is 0 Å². The van der Waals surface area contributed by atoms with Crippen LogP contribution in [0.5, 0.6) is 0 Å². The number of nitrogens with one attached hydrogen (secondary N) is 2.